The Hall–Kier alpha value is -1.67. The molecule has 1 heterocycles. The lowest BCUT2D eigenvalue weighted by atomic mass is 10.4. The third kappa shape index (κ3) is 2.41. The van der Waals surface area contributed by atoms with Gasteiger partial charge < -0.3 is 5.11 Å². The van der Waals surface area contributed by atoms with Crippen molar-refractivity contribution in [2.45, 2.75) is 19.1 Å². The van der Waals surface area contributed by atoms with Gasteiger partial charge in [-0.2, -0.15) is 13.2 Å². The highest BCUT2D eigenvalue weighted by Gasteiger charge is 2.37. The fourth-order valence-corrected chi connectivity index (χ4v) is 0.760. The van der Waals surface area contributed by atoms with E-state index in [0.717, 1.165) is 0 Å². The summed E-state index contributed by atoms with van der Waals surface area (Å²) in [5.74, 6) is -2.51. The number of hydrogen-bond acceptors (Lipinski definition) is 4. The van der Waals surface area contributed by atoms with Crippen LogP contribution in [0.2, 0.25) is 0 Å². The van der Waals surface area contributed by atoms with Gasteiger partial charge in [-0.1, -0.05) is 0 Å². The smallest absolute Gasteiger partial charge is 0.453 e. The molecule has 6 nitrogen and oxygen atoms in total. The van der Waals surface area contributed by atoms with Gasteiger partial charge in [-0.25, -0.2) is 4.68 Å². The Morgan fingerprint density at radius 3 is 2.64 bits per heavy atom. The van der Waals surface area contributed by atoms with E-state index in [-0.39, 0.29) is 0 Å². The maximum atomic E-state index is 12.1. The minimum absolute atomic E-state index is 0.406. The van der Waals surface area contributed by atoms with Crippen LogP contribution in [0.15, 0.2) is 0 Å². The maximum Gasteiger partial charge on any atom is 0.453 e. The summed E-state index contributed by atoms with van der Waals surface area (Å²) in [6.45, 7) is -0.406. The van der Waals surface area contributed by atoms with E-state index >= 15 is 0 Å². The van der Waals surface area contributed by atoms with Crippen LogP contribution in [0.5, 0.6) is 0 Å². The highest BCUT2D eigenvalue weighted by Crippen LogP contribution is 2.26. The van der Waals surface area contributed by atoms with E-state index < -0.39 is 30.9 Å². The molecule has 0 bridgehead atoms. The number of carbonyl (C=O) groups is 1. The normalized spacial score (nSPS) is 11.6. The number of carboxylic acid groups (broad SMARTS) is 1. The molecular weight excluding hydrogens is 205 g/mol. The Labute approximate surface area is 75.3 Å². The van der Waals surface area contributed by atoms with Gasteiger partial charge in [-0.3, -0.25) is 4.79 Å². The number of nitrogens with zero attached hydrogens (tertiary/aromatic N) is 4. The van der Waals surface area contributed by atoms with E-state index in [2.05, 4.69) is 15.5 Å². The minimum Gasteiger partial charge on any atom is -0.481 e. The first-order valence-corrected chi connectivity index (χ1v) is 3.46. The predicted molar refractivity (Wildman–Crippen MR) is 35.1 cm³/mol. The first-order valence-electron chi connectivity index (χ1n) is 3.46. The molecular formula is C5H5F3N4O2. The predicted octanol–water partition coefficient (Wildman–Crippen LogP) is 0.167. The molecule has 0 aliphatic carbocycles. The second-order valence-electron chi connectivity index (χ2n) is 2.37. The number of aryl methyl sites for hydroxylation is 1. The Balaban J connectivity index is 2.78. The lowest BCUT2D eigenvalue weighted by molar-refractivity contribution is -0.149. The van der Waals surface area contributed by atoms with Gasteiger partial charge >= 0.3 is 12.1 Å². The molecule has 0 amide bonds. The van der Waals surface area contributed by atoms with Crippen molar-refractivity contribution in [1.29, 1.82) is 0 Å². The number of alkyl halides is 3. The van der Waals surface area contributed by atoms with E-state index in [1.165, 1.54) is 0 Å². The molecule has 1 rings (SSSR count). The molecule has 0 spiro atoms. The average molecular weight is 210 g/mol. The highest BCUT2D eigenvalue weighted by atomic mass is 19.4. The molecule has 0 saturated heterocycles. The molecule has 0 fully saturated rings. The summed E-state index contributed by atoms with van der Waals surface area (Å²) in [6.07, 6.45) is -5.13. The third-order valence-electron chi connectivity index (χ3n) is 1.32. The lowest BCUT2D eigenvalue weighted by Gasteiger charge is -2.05. The van der Waals surface area contributed by atoms with E-state index in [4.69, 9.17) is 5.11 Å². The Morgan fingerprint density at radius 1 is 1.50 bits per heavy atom. The van der Waals surface area contributed by atoms with E-state index in [1.807, 2.05) is 0 Å². The summed E-state index contributed by atoms with van der Waals surface area (Å²) in [4.78, 5) is 10.1. The van der Waals surface area contributed by atoms with Gasteiger partial charge in [0.25, 0.3) is 5.82 Å². The topological polar surface area (TPSA) is 80.9 Å². The Kier molecular flexibility index (Phi) is 2.68. The van der Waals surface area contributed by atoms with Gasteiger partial charge in [0.05, 0.1) is 13.0 Å². The Bertz CT molecular complexity index is 334. The molecule has 1 N–H and O–H groups in total. The second-order valence-corrected chi connectivity index (χ2v) is 2.37. The van der Waals surface area contributed by atoms with Crippen LogP contribution in [0, 0.1) is 0 Å². The number of tetrazole rings is 1. The van der Waals surface area contributed by atoms with Crippen LogP contribution < -0.4 is 0 Å². The standard InChI is InChI=1S/C5H5F3N4O2/c6-5(7,8)4-9-10-11-12(4)2-1-3(13)14/h1-2H2,(H,13,14). The lowest BCUT2D eigenvalue weighted by Crippen LogP contribution is -2.17. The first kappa shape index (κ1) is 10.4. The molecule has 0 aromatic carbocycles. The second kappa shape index (κ2) is 3.60. The van der Waals surface area contributed by atoms with E-state index in [0.29, 0.717) is 4.68 Å². The minimum atomic E-state index is -4.66. The first-order chi connectivity index (χ1) is 6.41. The van der Waals surface area contributed by atoms with Crippen molar-refractivity contribution in [3.05, 3.63) is 5.82 Å². The largest absolute Gasteiger partial charge is 0.481 e. The molecule has 9 heteroatoms. The summed E-state index contributed by atoms with van der Waals surface area (Å²) in [5, 5.41) is 16.8. The maximum absolute atomic E-state index is 12.1. The van der Waals surface area contributed by atoms with Gasteiger partial charge in [-0.05, 0) is 10.4 Å². The monoisotopic (exact) mass is 210 g/mol. The van der Waals surface area contributed by atoms with Gasteiger partial charge in [0.15, 0.2) is 0 Å². The van der Waals surface area contributed by atoms with Gasteiger partial charge in [0, 0.05) is 0 Å². The zero-order chi connectivity index (χ0) is 10.8. The van der Waals surface area contributed by atoms with Crippen LogP contribution in [0.4, 0.5) is 13.2 Å². The summed E-state index contributed by atoms with van der Waals surface area (Å²) < 4.78 is 36.7. The molecule has 1 aromatic heterocycles. The van der Waals surface area contributed by atoms with E-state index in [9.17, 15) is 18.0 Å². The van der Waals surface area contributed by atoms with Crippen molar-refractivity contribution in [3.63, 3.8) is 0 Å². The quantitative estimate of drug-likeness (QED) is 0.768. The van der Waals surface area contributed by atoms with Crippen LogP contribution >= 0.6 is 0 Å². The summed E-state index contributed by atoms with van der Waals surface area (Å²) >= 11 is 0. The molecule has 0 aliphatic heterocycles. The number of halogens is 3. The summed E-state index contributed by atoms with van der Waals surface area (Å²) in [7, 11) is 0. The molecule has 0 radical (unpaired) electrons. The van der Waals surface area contributed by atoms with Crippen LogP contribution in [-0.4, -0.2) is 31.3 Å². The fourth-order valence-electron chi connectivity index (χ4n) is 0.760. The fraction of sp³-hybridized carbons (Fsp3) is 0.600. The summed E-state index contributed by atoms with van der Waals surface area (Å²) in [5.41, 5.74) is 0. The van der Waals surface area contributed by atoms with Crippen molar-refractivity contribution in [2.75, 3.05) is 0 Å². The molecule has 0 unspecified atom stereocenters. The van der Waals surface area contributed by atoms with Crippen molar-refractivity contribution in [2.24, 2.45) is 0 Å². The van der Waals surface area contributed by atoms with Crippen molar-refractivity contribution >= 4 is 5.97 Å². The summed E-state index contributed by atoms with van der Waals surface area (Å²) in [6, 6.07) is 0. The number of carboxylic acids is 1. The number of hydrogen-bond donors (Lipinski definition) is 1. The van der Waals surface area contributed by atoms with Gasteiger partial charge in [0.1, 0.15) is 0 Å². The SMILES string of the molecule is O=C(O)CCn1nnnc1C(F)(F)F. The van der Waals surface area contributed by atoms with Crippen LogP contribution in [-0.2, 0) is 17.5 Å². The molecule has 0 aliphatic rings. The zero-order valence-electron chi connectivity index (χ0n) is 6.69. The zero-order valence-corrected chi connectivity index (χ0v) is 6.69. The van der Waals surface area contributed by atoms with Crippen molar-refractivity contribution in [3.8, 4) is 0 Å². The molecule has 1 aromatic rings. The van der Waals surface area contributed by atoms with Crippen molar-refractivity contribution in [1.82, 2.24) is 20.2 Å². The number of aromatic nitrogens is 4. The van der Waals surface area contributed by atoms with Crippen LogP contribution in [0.1, 0.15) is 12.2 Å². The van der Waals surface area contributed by atoms with E-state index in [1.54, 1.807) is 0 Å². The average Bonchev–Trinajstić information content (AvgIpc) is 2.46. The molecule has 14 heavy (non-hydrogen) atoms. The van der Waals surface area contributed by atoms with Crippen LogP contribution in [0.3, 0.4) is 0 Å². The molecule has 78 valence electrons. The van der Waals surface area contributed by atoms with Crippen LogP contribution in [0.25, 0.3) is 0 Å². The van der Waals surface area contributed by atoms with Crippen molar-refractivity contribution < 1.29 is 23.1 Å². The van der Waals surface area contributed by atoms with Gasteiger partial charge in [-0.15, -0.1) is 5.10 Å². The van der Waals surface area contributed by atoms with Gasteiger partial charge in [0.2, 0.25) is 0 Å². The molecule has 0 atom stereocenters. The third-order valence-corrected chi connectivity index (χ3v) is 1.32. The number of rotatable bonds is 3. The highest BCUT2D eigenvalue weighted by molar-refractivity contribution is 5.66. The molecule has 0 saturated carbocycles. The number of aliphatic carboxylic acids is 1. The Morgan fingerprint density at radius 2 is 2.14 bits per heavy atom.